The van der Waals surface area contributed by atoms with E-state index in [0.29, 0.717) is 45.7 Å². The summed E-state index contributed by atoms with van der Waals surface area (Å²) in [6, 6.07) is 5.62. The Kier molecular flexibility index (Phi) is 4.51. The average molecular weight is 401 g/mol. The second-order valence-corrected chi connectivity index (χ2v) is 7.89. The number of carboxylic acids is 1. The zero-order valence-electron chi connectivity index (χ0n) is 15.9. The first-order chi connectivity index (χ1) is 13.3. The summed E-state index contributed by atoms with van der Waals surface area (Å²) >= 11 is 6.23. The van der Waals surface area contributed by atoms with Crippen LogP contribution in [-0.2, 0) is 0 Å². The van der Waals surface area contributed by atoms with Crippen LogP contribution in [0, 0.1) is 6.92 Å². The standard InChI is InChI=1S/C20H21ClN4O3/c1-10-7-24(8-11(2)23-10)19(26)16-12(3)18-17(20(27)28)22-9-25(18)15-5-4-13(21)6-14(15)16/h4-6,9-11,23H,7-8H2,1-3H3,(H,27,28). The summed E-state index contributed by atoms with van der Waals surface area (Å²) in [5.41, 5.74) is 2.14. The van der Waals surface area contributed by atoms with Crippen LogP contribution in [0.15, 0.2) is 24.5 Å². The molecule has 1 saturated heterocycles. The number of imidazole rings is 1. The number of nitrogens with one attached hydrogen (secondary N) is 1. The van der Waals surface area contributed by atoms with Gasteiger partial charge in [0.25, 0.3) is 5.91 Å². The molecule has 0 bridgehead atoms. The Balaban J connectivity index is 2.01. The molecule has 0 aliphatic carbocycles. The number of carbonyl (C=O) groups is 2. The molecule has 2 N–H and O–H groups in total. The molecule has 2 aromatic heterocycles. The van der Waals surface area contributed by atoms with E-state index >= 15 is 0 Å². The SMILES string of the molecule is Cc1c(C(=O)N2CC(C)NC(C)C2)c2cc(Cl)ccc2n2cnc(C(=O)O)c12. The van der Waals surface area contributed by atoms with Crippen molar-refractivity contribution < 1.29 is 14.7 Å². The fraction of sp³-hybridized carbons (Fsp3) is 0.350. The highest BCUT2D eigenvalue weighted by Crippen LogP contribution is 2.31. The number of rotatable bonds is 2. The van der Waals surface area contributed by atoms with Gasteiger partial charge in [-0.3, -0.25) is 9.20 Å². The lowest BCUT2D eigenvalue weighted by Gasteiger charge is -2.36. The molecule has 1 fully saturated rings. The lowest BCUT2D eigenvalue weighted by molar-refractivity contribution is 0.0670. The first kappa shape index (κ1) is 18.7. The molecule has 0 radical (unpaired) electrons. The average Bonchev–Trinajstić information content (AvgIpc) is 3.06. The quantitative estimate of drug-likeness (QED) is 0.690. The number of nitrogens with zero attached hydrogens (tertiary/aromatic N) is 3. The molecule has 2 atom stereocenters. The zero-order chi connectivity index (χ0) is 20.2. The summed E-state index contributed by atoms with van der Waals surface area (Å²) in [5.74, 6) is -1.24. The Hall–Kier alpha value is -2.64. The van der Waals surface area contributed by atoms with E-state index < -0.39 is 5.97 Å². The monoisotopic (exact) mass is 400 g/mol. The highest BCUT2D eigenvalue weighted by Gasteiger charge is 2.30. The van der Waals surface area contributed by atoms with E-state index in [-0.39, 0.29) is 23.7 Å². The maximum atomic E-state index is 13.6. The van der Waals surface area contributed by atoms with Crippen LogP contribution in [0.2, 0.25) is 5.02 Å². The van der Waals surface area contributed by atoms with E-state index in [1.807, 2.05) is 18.7 Å². The third-order valence-electron chi connectivity index (χ3n) is 5.25. The predicted octanol–water partition coefficient (Wildman–Crippen LogP) is 2.97. The maximum Gasteiger partial charge on any atom is 0.356 e. The van der Waals surface area contributed by atoms with Gasteiger partial charge in [0.1, 0.15) is 6.33 Å². The van der Waals surface area contributed by atoms with Crippen molar-refractivity contribution in [2.45, 2.75) is 32.9 Å². The van der Waals surface area contributed by atoms with Crippen molar-refractivity contribution >= 4 is 39.9 Å². The fourth-order valence-electron chi connectivity index (χ4n) is 4.21. The lowest BCUT2D eigenvalue weighted by Crippen LogP contribution is -2.55. The van der Waals surface area contributed by atoms with Crippen molar-refractivity contribution in [1.29, 1.82) is 0 Å². The number of amides is 1. The number of piperazine rings is 1. The molecule has 28 heavy (non-hydrogen) atoms. The molecule has 3 aromatic rings. The van der Waals surface area contributed by atoms with Gasteiger partial charge >= 0.3 is 5.97 Å². The van der Waals surface area contributed by atoms with E-state index in [9.17, 15) is 14.7 Å². The molecule has 0 saturated carbocycles. The molecule has 7 nitrogen and oxygen atoms in total. The molecule has 8 heteroatoms. The fourth-order valence-corrected chi connectivity index (χ4v) is 4.38. The number of fused-ring (bicyclic) bond motifs is 3. The second kappa shape index (κ2) is 6.76. The van der Waals surface area contributed by atoms with Crippen molar-refractivity contribution in [3.05, 3.63) is 46.4 Å². The van der Waals surface area contributed by atoms with Gasteiger partial charge in [0.2, 0.25) is 0 Å². The summed E-state index contributed by atoms with van der Waals surface area (Å²) in [4.78, 5) is 31.1. The van der Waals surface area contributed by atoms with Crippen LogP contribution in [-0.4, -0.2) is 56.4 Å². The number of aromatic nitrogens is 2. The lowest BCUT2D eigenvalue weighted by atomic mass is 9.99. The number of halogens is 1. The summed E-state index contributed by atoms with van der Waals surface area (Å²) in [7, 11) is 0. The van der Waals surface area contributed by atoms with Gasteiger partial charge in [-0.2, -0.15) is 0 Å². The second-order valence-electron chi connectivity index (χ2n) is 7.46. The minimum absolute atomic E-state index is 0.0644. The third kappa shape index (κ3) is 2.91. The Morgan fingerprint density at radius 2 is 1.93 bits per heavy atom. The van der Waals surface area contributed by atoms with Crippen molar-refractivity contribution in [2.75, 3.05) is 13.1 Å². The number of hydrogen-bond donors (Lipinski definition) is 2. The number of benzene rings is 1. The van der Waals surface area contributed by atoms with Gasteiger partial charge in [0.15, 0.2) is 5.69 Å². The Bertz CT molecular complexity index is 1110. The molecule has 0 spiro atoms. The molecule has 1 aliphatic rings. The minimum atomic E-state index is -1.12. The van der Waals surface area contributed by atoms with Crippen molar-refractivity contribution in [2.24, 2.45) is 0 Å². The van der Waals surface area contributed by atoms with Crippen LogP contribution in [0.3, 0.4) is 0 Å². The number of carboxylic acid groups (broad SMARTS) is 1. The van der Waals surface area contributed by atoms with E-state index in [4.69, 9.17) is 11.6 Å². The molecular weight excluding hydrogens is 380 g/mol. The highest BCUT2D eigenvalue weighted by molar-refractivity contribution is 6.31. The van der Waals surface area contributed by atoms with Gasteiger partial charge in [0, 0.05) is 35.6 Å². The minimum Gasteiger partial charge on any atom is -0.476 e. The molecule has 2 unspecified atom stereocenters. The predicted molar refractivity (Wildman–Crippen MR) is 107 cm³/mol. The number of pyridine rings is 1. The largest absolute Gasteiger partial charge is 0.476 e. The third-order valence-corrected chi connectivity index (χ3v) is 5.48. The van der Waals surface area contributed by atoms with Gasteiger partial charge in [-0.15, -0.1) is 0 Å². The Morgan fingerprint density at radius 1 is 1.25 bits per heavy atom. The number of hydrogen-bond acceptors (Lipinski definition) is 4. The van der Waals surface area contributed by atoms with Gasteiger partial charge in [0.05, 0.1) is 16.6 Å². The molecular formula is C20H21ClN4O3. The molecule has 1 aromatic carbocycles. The summed E-state index contributed by atoms with van der Waals surface area (Å²) in [6.07, 6.45) is 1.48. The van der Waals surface area contributed by atoms with E-state index in [2.05, 4.69) is 10.3 Å². The molecule has 4 rings (SSSR count). The van der Waals surface area contributed by atoms with Crippen LogP contribution in [0.5, 0.6) is 0 Å². The van der Waals surface area contributed by atoms with Gasteiger partial charge in [-0.05, 0) is 44.5 Å². The highest BCUT2D eigenvalue weighted by atomic mass is 35.5. The van der Waals surface area contributed by atoms with Crippen molar-refractivity contribution in [3.63, 3.8) is 0 Å². The molecule has 3 heterocycles. The van der Waals surface area contributed by atoms with Gasteiger partial charge in [-0.25, -0.2) is 9.78 Å². The number of aryl methyl sites for hydroxylation is 1. The molecule has 146 valence electrons. The number of aromatic carboxylic acids is 1. The summed E-state index contributed by atoms with van der Waals surface area (Å²) in [6.45, 7) is 7.02. The van der Waals surface area contributed by atoms with Gasteiger partial charge in [-0.1, -0.05) is 11.6 Å². The first-order valence-electron chi connectivity index (χ1n) is 9.15. The smallest absolute Gasteiger partial charge is 0.356 e. The van der Waals surface area contributed by atoms with Crippen LogP contribution >= 0.6 is 11.6 Å². The first-order valence-corrected chi connectivity index (χ1v) is 9.53. The van der Waals surface area contributed by atoms with Crippen molar-refractivity contribution in [3.8, 4) is 0 Å². The number of carbonyl (C=O) groups excluding carboxylic acids is 1. The molecule has 1 amide bonds. The van der Waals surface area contributed by atoms with E-state index in [1.54, 1.807) is 29.5 Å². The summed E-state index contributed by atoms with van der Waals surface area (Å²) < 4.78 is 1.71. The summed E-state index contributed by atoms with van der Waals surface area (Å²) in [5, 5.41) is 14.2. The Morgan fingerprint density at radius 3 is 2.57 bits per heavy atom. The zero-order valence-corrected chi connectivity index (χ0v) is 16.6. The van der Waals surface area contributed by atoms with Crippen LogP contribution in [0.1, 0.15) is 40.3 Å². The van der Waals surface area contributed by atoms with Crippen LogP contribution in [0.4, 0.5) is 0 Å². The van der Waals surface area contributed by atoms with Crippen LogP contribution in [0.25, 0.3) is 16.4 Å². The Labute approximate surface area is 166 Å². The van der Waals surface area contributed by atoms with E-state index in [1.165, 1.54) is 6.33 Å². The van der Waals surface area contributed by atoms with E-state index in [0.717, 1.165) is 0 Å². The maximum absolute atomic E-state index is 13.6. The van der Waals surface area contributed by atoms with Crippen molar-refractivity contribution in [1.82, 2.24) is 19.6 Å². The topological polar surface area (TPSA) is 86.9 Å². The van der Waals surface area contributed by atoms with Crippen LogP contribution < -0.4 is 5.32 Å². The molecule has 1 aliphatic heterocycles. The van der Waals surface area contributed by atoms with Gasteiger partial charge < -0.3 is 15.3 Å². The normalized spacial score (nSPS) is 20.1.